The Morgan fingerprint density at radius 1 is 1.17 bits per heavy atom. The van der Waals surface area contributed by atoms with Gasteiger partial charge in [-0.05, 0) is 43.1 Å². The quantitative estimate of drug-likeness (QED) is 0.818. The zero-order valence-electron chi connectivity index (χ0n) is 10.5. The molecule has 2 aromatic rings. The van der Waals surface area contributed by atoms with Crippen molar-refractivity contribution in [1.29, 1.82) is 0 Å². The van der Waals surface area contributed by atoms with E-state index in [4.69, 9.17) is 0 Å². The Hall–Kier alpha value is -1.74. The number of aromatic nitrogens is 1. The third-order valence-electron chi connectivity index (χ3n) is 2.94. The minimum absolute atomic E-state index is 0.131. The zero-order chi connectivity index (χ0) is 12.8. The van der Waals surface area contributed by atoms with E-state index >= 15 is 0 Å². The van der Waals surface area contributed by atoms with Crippen LogP contribution in [0.15, 0.2) is 42.6 Å². The Kier molecular flexibility index (Phi) is 4.42. The molecule has 94 valence electrons. The molecule has 0 amide bonds. The van der Waals surface area contributed by atoms with Crippen LogP contribution in [0.25, 0.3) is 0 Å². The summed E-state index contributed by atoms with van der Waals surface area (Å²) in [6.07, 6.45) is 2.49. The molecule has 0 unspecified atom stereocenters. The normalized spacial score (nSPS) is 10.6. The molecule has 0 aliphatic rings. The number of halogens is 1. The summed E-state index contributed by atoms with van der Waals surface area (Å²) in [6.45, 7) is 3.51. The van der Waals surface area contributed by atoms with Crippen LogP contribution in [-0.2, 0) is 13.0 Å². The number of benzene rings is 1. The number of pyridine rings is 1. The van der Waals surface area contributed by atoms with E-state index in [1.54, 1.807) is 12.3 Å². The number of nitrogens with zero attached hydrogens (tertiary/aromatic N) is 1. The van der Waals surface area contributed by atoms with Gasteiger partial charge >= 0.3 is 0 Å². The Balaban J connectivity index is 1.80. The van der Waals surface area contributed by atoms with Gasteiger partial charge in [-0.1, -0.05) is 24.3 Å². The maximum Gasteiger partial charge on any atom is 0.126 e. The Labute approximate surface area is 107 Å². The molecule has 0 aliphatic carbocycles. The Morgan fingerprint density at radius 2 is 2.00 bits per heavy atom. The van der Waals surface area contributed by atoms with Gasteiger partial charge in [-0.25, -0.2) is 4.39 Å². The molecule has 1 aromatic carbocycles. The molecule has 0 atom stereocenters. The van der Waals surface area contributed by atoms with Crippen molar-refractivity contribution in [3.63, 3.8) is 0 Å². The van der Waals surface area contributed by atoms with Gasteiger partial charge in [-0.2, -0.15) is 0 Å². The summed E-state index contributed by atoms with van der Waals surface area (Å²) < 4.78 is 13.4. The van der Waals surface area contributed by atoms with Crippen molar-refractivity contribution >= 4 is 0 Å². The highest BCUT2D eigenvalue weighted by Crippen LogP contribution is 2.06. The molecule has 0 radical (unpaired) electrons. The molecule has 0 spiro atoms. The molecule has 0 saturated heterocycles. The zero-order valence-corrected chi connectivity index (χ0v) is 10.5. The molecular weight excluding hydrogens is 227 g/mol. The molecule has 0 bridgehead atoms. The minimum atomic E-state index is -0.131. The number of nitrogens with one attached hydrogen (secondary N) is 1. The van der Waals surface area contributed by atoms with Crippen molar-refractivity contribution in [2.75, 3.05) is 6.54 Å². The van der Waals surface area contributed by atoms with Crippen LogP contribution in [0.4, 0.5) is 4.39 Å². The Morgan fingerprint density at radius 3 is 2.78 bits per heavy atom. The van der Waals surface area contributed by atoms with Crippen LogP contribution in [0.1, 0.15) is 16.8 Å². The van der Waals surface area contributed by atoms with Crippen molar-refractivity contribution in [2.24, 2.45) is 0 Å². The molecule has 0 fully saturated rings. The first-order chi connectivity index (χ1) is 8.77. The van der Waals surface area contributed by atoms with Gasteiger partial charge in [0.25, 0.3) is 0 Å². The van der Waals surface area contributed by atoms with Crippen molar-refractivity contribution in [2.45, 2.75) is 19.9 Å². The number of hydrogen-bond donors (Lipinski definition) is 1. The second-order valence-corrected chi connectivity index (χ2v) is 4.29. The minimum Gasteiger partial charge on any atom is -0.311 e. The van der Waals surface area contributed by atoms with Gasteiger partial charge in [0.05, 0.1) is 5.69 Å². The summed E-state index contributed by atoms with van der Waals surface area (Å²) in [4.78, 5) is 4.30. The topological polar surface area (TPSA) is 24.9 Å². The van der Waals surface area contributed by atoms with Gasteiger partial charge < -0.3 is 5.32 Å². The summed E-state index contributed by atoms with van der Waals surface area (Å²) in [7, 11) is 0. The lowest BCUT2D eigenvalue weighted by molar-refractivity contribution is 0.596. The second kappa shape index (κ2) is 6.26. The van der Waals surface area contributed by atoms with Crippen molar-refractivity contribution in [1.82, 2.24) is 10.3 Å². The second-order valence-electron chi connectivity index (χ2n) is 4.29. The number of hydrogen-bond acceptors (Lipinski definition) is 2. The highest BCUT2D eigenvalue weighted by Gasteiger charge is 2.01. The molecule has 0 saturated carbocycles. The fraction of sp³-hybridized carbons (Fsp3) is 0.267. The van der Waals surface area contributed by atoms with E-state index in [1.165, 1.54) is 11.6 Å². The summed E-state index contributed by atoms with van der Waals surface area (Å²) in [6, 6.07) is 10.9. The highest BCUT2D eigenvalue weighted by atomic mass is 19.1. The van der Waals surface area contributed by atoms with Crippen LogP contribution in [0.3, 0.4) is 0 Å². The van der Waals surface area contributed by atoms with Crippen LogP contribution in [0.2, 0.25) is 0 Å². The monoisotopic (exact) mass is 244 g/mol. The number of aryl methyl sites for hydroxylation is 1. The first kappa shape index (κ1) is 12.7. The van der Waals surface area contributed by atoms with E-state index in [1.807, 2.05) is 31.2 Å². The van der Waals surface area contributed by atoms with E-state index in [9.17, 15) is 4.39 Å². The lowest BCUT2D eigenvalue weighted by Crippen LogP contribution is -2.18. The standard InChI is InChI=1S/C15H17FN2/c1-12-5-4-9-18-15(12)11-17-10-8-13-6-2-3-7-14(13)16/h2-7,9,17H,8,10-11H2,1H3. The van der Waals surface area contributed by atoms with E-state index in [0.29, 0.717) is 6.42 Å². The average Bonchev–Trinajstić information content (AvgIpc) is 2.38. The molecule has 2 rings (SSSR count). The van der Waals surface area contributed by atoms with Gasteiger partial charge in [0, 0.05) is 12.7 Å². The highest BCUT2D eigenvalue weighted by molar-refractivity contribution is 5.18. The molecule has 1 heterocycles. The van der Waals surface area contributed by atoms with Crippen LogP contribution < -0.4 is 5.32 Å². The summed E-state index contributed by atoms with van der Waals surface area (Å²) >= 11 is 0. The van der Waals surface area contributed by atoms with Crippen molar-refractivity contribution in [3.8, 4) is 0 Å². The predicted molar refractivity (Wildman–Crippen MR) is 70.8 cm³/mol. The van der Waals surface area contributed by atoms with Gasteiger partial charge in [0.2, 0.25) is 0 Å². The summed E-state index contributed by atoms with van der Waals surface area (Å²) in [5.41, 5.74) is 2.98. The van der Waals surface area contributed by atoms with E-state index < -0.39 is 0 Å². The van der Waals surface area contributed by atoms with E-state index in [2.05, 4.69) is 10.3 Å². The average molecular weight is 244 g/mol. The largest absolute Gasteiger partial charge is 0.311 e. The molecule has 18 heavy (non-hydrogen) atoms. The van der Waals surface area contributed by atoms with Crippen molar-refractivity contribution in [3.05, 3.63) is 65.2 Å². The molecule has 3 heteroatoms. The SMILES string of the molecule is Cc1cccnc1CNCCc1ccccc1F. The summed E-state index contributed by atoms with van der Waals surface area (Å²) in [5, 5.41) is 3.29. The van der Waals surface area contributed by atoms with E-state index in [-0.39, 0.29) is 5.82 Å². The molecule has 2 nitrogen and oxygen atoms in total. The third kappa shape index (κ3) is 3.37. The first-order valence-corrected chi connectivity index (χ1v) is 6.12. The van der Waals surface area contributed by atoms with E-state index in [0.717, 1.165) is 24.3 Å². The van der Waals surface area contributed by atoms with Gasteiger partial charge in [0.1, 0.15) is 5.82 Å². The Bertz CT molecular complexity index is 464. The maximum absolute atomic E-state index is 13.4. The molecule has 0 aliphatic heterocycles. The lowest BCUT2D eigenvalue weighted by atomic mass is 10.1. The van der Waals surface area contributed by atoms with Crippen molar-refractivity contribution < 1.29 is 4.39 Å². The fourth-order valence-corrected chi connectivity index (χ4v) is 1.83. The summed E-state index contributed by atoms with van der Waals surface area (Å²) in [5.74, 6) is -0.131. The molecule has 1 N–H and O–H groups in total. The first-order valence-electron chi connectivity index (χ1n) is 6.12. The van der Waals surface area contributed by atoms with Crippen LogP contribution in [0, 0.1) is 12.7 Å². The van der Waals surface area contributed by atoms with Gasteiger partial charge in [0.15, 0.2) is 0 Å². The molecule has 1 aromatic heterocycles. The van der Waals surface area contributed by atoms with Crippen LogP contribution in [0.5, 0.6) is 0 Å². The van der Waals surface area contributed by atoms with Gasteiger partial charge in [-0.15, -0.1) is 0 Å². The van der Waals surface area contributed by atoms with Crippen LogP contribution >= 0.6 is 0 Å². The fourth-order valence-electron chi connectivity index (χ4n) is 1.83. The molecular formula is C15H17FN2. The smallest absolute Gasteiger partial charge is 0.126 e. The third-order valence-corrected chi connectivity index (χ3v) is 2.94. The van der Waals surface area contributed by atoms with Gasteiger partial charge in [-0.3, -0.25) is 4.98 Å². The maximum atomic E-state index is 13.4. The van der Waals surface area contributed by atoms with Crippen LogP contribution in [-0.4, -0.2) is 11.5 Å². The number of rotatable bonds is 5. The lowest BCUT2D eigenvalue weighted by Gasteiger charge is -2.07. The predicted octanol–water partition coefficient (Wildman–Crippen LogP) is 2.86.